The van der Waals surface area contributed by atoms with Gasteiger partial charge in [-0.2, -0.15) is 0 Å². The molecule has 4 bridgehead atoms. The van der Waals surface area contributed by atoms with Gasteiger partial charge in [0.1, 0.15) is 22.9 Å². The number of carbonyl (C=O) groups excluding carboxylic acids is 3. The second-order valence-corrected chi connectivity index (χ2v) is 11.5. The Morgan fingerprint density at radius 3 is 2.83 bits per heavy atom. The summed E-state index contributed by atoms with van der Waals surface area (Å²) >= 11 is 1.37. The third-order valence-electron chi connectivity index (χ3n) is 6.88. The Morgan fingerprint density at radius 2 is 2.05 bits per heavy atom. The minimum Gasteiger partial charge on any atom is -0.493 e. The summed E-state index contributed by atoms with van der Waals surface area (Å²) in [6.07, 6.45) is 0.0493. The number of hydrogen-bond acceptors (Lipinski definition) is 8. The van der Waals surface area contributed by atoms with E-state index in [0.717, 1.165) is 5.56 Å². The van der Waals surface area contributed by atoms with Crippen LogP contribution in [0.4, 0.5) is 0 Å². The molecule has 216 valence electrons. The highest BCUT2D eigenvalue weighted by Crippen LogP contribution is 2.30. The zero-order valence-corrected chi connectivity index (χ0v) is 24.2. The van der Waals surface area contributed by atoms with E-state index in [1.807, 2.05) is 38.1 Å². The van der Waals surface area contributed by atoms with E-state index in [9.17, 15) is 14.4 Å². The maximum absolute atomic E-state index is 13.4. The average Bonchev–Trinajstić information content (AvgIpc) is 3.49. The fraction of sp³-hybridized carbons (Fsp3) is 0.400. The first-order valence-electron chi connectivity index (χ1n) is 13.6. The second-order valence-electron chi connectivity index (χ2n) is 10.7. The normalized spacial score (nSPS) is 19.8. The summed E-state index contributed by atoms with van der Waals surface area (Å²) in [5.74, 6) is 1.04. The van der Waals surface area contributed by atoms with E-state index in [-0.39, 0.29) is 36.9 Å². The highest BCUT2D eigenvalue weighted by molar-refractivity contribution is 7.07. The first-order valence-corrected chi connectivity index (χ1v) is 14.6. The van der Waals surface area contributed by atoms with Crippen molar-refractivity contribution in [2.45, 2.75) is 39.0 Å². The van der Waals surface area contributed by atoms with Gasteiger partial charge in [0.25, 0.3) is 11.8 Å². The maximum Gasteiger partial charge on any atom is 0.273 e. The number of amides is 3. The monoisotopic (exact) mass is 578 g/mol. The molecule has 2 aliphatic heterocycles. The molecule has 3 heterocycles. The Morgan fingerprint density at radius 1 is 1.20 bits per heavy atom. The zero-order chi connectivity index (χ0) is 28.9. The smallest absolute Gasteiger partial charge is 0.273 e. The van der Waals surface area contributed by atoms with Crippen LogP contribution in [0.15, 0.2) is 53.4 Å². The Balaban J connectivity index is 1.42. The number of piperidine rings is 1. The van der Waals surface area contributed by atoms with Gasteiger partial charge in [0.2, 0.25) is 5.91 Å². The number of hydrogen-bond donors (Lipinski definition) is 1. The van der Waals surface area contributed by atoms with Crippen molar-refractivity contribution in [1.29, 1.82) is 0 Å². The van der Waals surface area contributed by atoms with Crippen molar-refractivity contribution in [2.24, 2.45) is 5.92 Å². The van der Waals surface area contributed by atoms with Gasteiger partial charge in [-0.25, -0.2) is 4.98 Å². The molecule has 1 fully saturated rings. The van der Waals surface area contributed by atoms with Crippen LogP contribution in [0.3, 0.4) is 0 Å². The minimum atomic E-state index is -0.456. The summed E-state index contributed by atoms with van der Waals surface area (Å²) in [7, 11) is 1.58. The van der Waals surface area contributed by atoms with Crippen LogP contribution < -0.4 is 14.8 Å². The Bertz CT molecular complexity index is 1400. The molecular formula is C30H34N4O6S. The van der Waals surface area contributed by atoms with E-state index in [1.54, 1.807) is 41.0 Å². The van der Waals surface area contributed by atoms with Gasteiger partial charge in [0.15, 0.2) is 0 Å². The molecule has 3 aromatic rings. The number of rotatable bonds is 4. The molecule has 2 aromatic carbocycles. The van der Waals surface area contributed by atoms with Gasteiger partial charge in [0.05, 0.1) is 37.4 Å². The van der Waals surface area contributed by atoms with Gasteiger partial charge in [0, 0.05) is 37.1 Å². The molecule has 0 spiro atoms. The molecule has 0 radical (unpaired) electrons. The minimum absolute atomic E-state index is 0.143. The van der Waals surface area contributed by atoms with Crippen molar-refractivity contribution in [3.8, 4) is 17.2 Å². The summed E-state index contributed by atoms with van der Waals surface area (Å²) in [6, 6.07) is 12.2. The Hall–Kier alpha value is -3.96. The number of likely N-dealkylation sites (tertiary alicyclic amines) is 1. The number of ether oxygens (including phenoxy) is 3. The van der Waals surface area contributed by atoms with Gasteiger partial charge < -0.3 is 29.3 Å². The molecule has 5 rings (SSSR count). The van der Waals surface area contributed by atoms with Crippen LogP contribution >= 0.6 is 11.3 Å². The van der Waals surface area contributed by atoms with E-state index < -0.39 is 6.10 Å². The molecule has 0 aliphatic carbocycles. The molecule has 0 unspecified atom stereocenters. The highest BCUT2D eigenvalue weighted by atomic mass is 32.1. The third-order valence-corrected chi connectivity index (χ3v) is 7.47. The number of aromatic nitrogens is 1. The molecule has 3 amide bonds. The Kier molecular flexibility index (Phi) is 8.84. The molecule has 10 nitrogen and oxygen atoms in total. The SMILES string of the molecule is CC(C)COc1cc2cc(c1)C(=O)N(C)CC(=O)N[C@H]1CCN(C(=O)c3cscn3)C[C@@H]1OCc1cccc(c1)O2. The molecule has 0 saturated carbocycles. The fourth-order valence-corrected chi connectivity index (χ4v) is 5.34. The number of thiazole rings is 1. The van der Waals surface area contributed by atoms with Crippen LogP contribution in [0.2, 0.25) is 0 Å². The molecule has 1 saturated heterocycles. The highest BCUT2D eigenvalue weighted by Gasteiger charge is 2.34. The molecule has 1 aromatic heterocycles. The van der Waals surface area contributed by atoms with Crippen LogP contribution in [0, 0.1) is 5.92 Å². The summed E-state index contributed by atoms with van der Waals surface area (Å²) in [5.41, 5.74) is 3.25. The summed E-state index contributed by atoms with van der Waals surface area (Å²) in [5, 5.41) is 4.77. The van der Waals surface area contributed by atoms with Gasteiger partial charge in [-0.15, -0.1) is 11.3 Å². The van der Waals surface area contributed by atoms with Crippen LogP contribution in [0.1, 0.15) is 46.7 Å². The predicted octanol–water partition coefficient (Wildman–Crippen LogP) is 3.97. The summed E-state index contributed by atoms with van der Waals surface area (Å²) in [6.45, 7) is 5.44. The van der Waals surface area contributed by atoms with Crippen LogP contribution in [0.25, 0.3) is 0 Å². The average molecular weight is 579 g/mol. The van der Waals surface area contributed by atoms with Crippen LogP contribution in [-0.4, -0.2) is 77.9 Å². The first kappa shape index (κ1) is 28.6. The summed E-state index contributed by atoms with van der Waals surface area (Å²) < 4.78 is 18.4. The second kappa shape index (κ2) is 12.7. The lowest BCUT2D eigenvalue weighted by atomic mass is 10.0. The molecule has 1 N–H and O–H groups in total. The lowest BCUT2D eigenvalue weighted by Crippen LogP contribution is -2.57. The van der Waals surface area contributed by atoms with Gasteiger partial charge in [-0.05, 0) is 42.2 Å². The Labute approximate surface area is 243 Å². The number of fused-ring (bicyclic) bond motifs is 5. The van der Waals surface area contributed by atoms with E-state index >= 15 is 0 Å². The maximum atomic E-state index is 13.4. The fourth-order valence-electron chi connectivity index (χ4n) is 4.81. The zero-order valence-electron chi connectivity index (χ0n) is 23.4. The van der Waals surface area contributed by atoms with Crippen molar-refractivity contribution in [3.05, 3.63) is 70.2 Å². The molecule has 11 heteroatoms. The van der Waals surface area contributed by atoms with Gasteiger partial charge in [-0.3, -0.25) is 14.4 Å². The van der Waals surface area contributed by atoms with Crippen molar-refractivity contribution < 1.29 is 28.6 Å². The third kappa shape index (κ3) is 7.22. The molecule has 41 heavy (non-hydrogen) atoms. The molecule has 2 aliphatic rings. The van der Waals surface area contributed by atoms with Crippen LogP contribution in [-0.2, 0) is 16.1 Å². The number of likely N-dealkylation sites (N-methyl/N-ethyl adjacent to an activating group) is 1. The van der Waals surface area contributed by atoms with Crippen molar-refractivity contribution in [2.75, 3.05) is 33.3 Å². The van der Waals surface area contributed by atoms with E-state index in [1.165, 1.54) is 16.2 Å². The molecular weight excluding hydrogens is 544 g/mol. The van der Waals surface area contributed by atoms with Crippen molar-refractivity contribution in [3.63, 3.8) is 0 Å². The molecule has 2 atom stereocenters. The van der Waals surface area contributed by atoms with E-state index in [2.05, 4.69) is 10.3 Å². The topological polar surface area (TPSA) is 110 Å². The number of nitrogens with one attached hydrogen (secondary N) is 1. The number of nitrogens with zero attached hydrogens (tertiary/aromatic N) is 3. The largest absolute Gasteiger partial charge is 0.493 e. The van der Waals surface area contributed by atoms with Crippen molar-refractivity contribution in [1.82, 2.24) is 20.1 Å². The number of carbonyl (C=O) groups is 3. The lowest BCUT2D eigenvalue weighted by Gasteiger charge is -2.38. The number of benzene rings is 2. The van der Waals surface area contributed by atoms with E-state index in [0.29, 0.717) is 60.5 Å². The first-order chi connectivity index (χ1) is 19.7. The summed E-state index contributed by atoms with van der Waals surface area (Å²) in [4.78, 5) is 46.7. The van der Waals surface area contributed by atoms with Gasteiger partial charge in [-0.1, -0.05) is 26.0 Å². The van der Waals surface area contributed by atoms with Gasteiger partial charge >= 0.3 is 0 Å². The standard InChI is InChI=1S/C30H34N4O6S/c1-19(2)15-38-23-10-21-11-24(12-23)40-22-6-4-5-20(9-22)16-39-27-13-34(30(37)26-17-41-18-31-26)8-7-25(27)32-28(35)14-33(3)29(21)36/h4-6,9-12,17-19,25,27H,7-8,13-16H2,1-3H3,(H,32,35)/t25-,27-/m0/s1. The van der Waals surface area contributed by atoms with Crippen molar-refractivity contribution >= 4 is 29.1 Å². The van der Waals surface area contributed by atoms with E-state index in [4.69, 9.17) is 14.2 Å². The lowest BCUT2D eigenvalue weighted by molar-refractivity contribution is -0.124. The predicted molar refractivity (Wildman–Crippen MR) is 153 cm³/mol. The van der Waals surface area contributed by atoms with Crippen LogP contribution in [0.5, 0.6) is 17.2 Å². The quantitative estimate of drug-likeness (QED) is 0.499.